The Hall–Kier alpha value is -0.610. The van der Waals surface area contributed by atoms with Crippen molar-refractivity contribution in [3.8, 4) is 0 Å². The number of carbonyl (C=O) groups is 1. The second-order valence-corrected chi connectivity index (χ2v) is 4.93. The molecule has 4 heteroatoms. The fourth-order valence-electron chi connectivity index (χ4n) is 1.60. The van der Waals surface area contributed by atoms with Crippen molar-refractivity contribution in [2.45, 2.75) is 45.3 Å². The Morgan fingerprint density at radius 1 is 1.60 bits per heavy atom. The van der Waals surface area contributed by atoms with Crippen LogP contribution in [0.15, 0.2) is 0 Å². The van der Waals surface area contributed by atoms with Crippen LogP contribution in [0.1, 0.15) is 33.6 Å². The molecule has 2 atom stereocenters. The number of aliphatic hydroxyl groups is 1. The summed E-state index contributed by atoms with van der Waals surface area (Å²) in [6.45, 7) is 7.13. The molecule has 0 spiro atoms. The van der Waals surface area contributed by atoms with Gasteiger partial charge in [0.1, 0.15) is 0 Å². The maximum absolute atomic E-state index is 11.9. The smallest absolute Gasteiger partial charge is 0.224 e. The van der Waals surface area contributed by atoms with Crippen LogP contribution in [0.5, 0.6) is 0 Å². The van der Waals surface area contributed by atoms with Crippen LogP contribution < -0.4 is 10.6 Å². The van der Waals surface area contributed by atoms with E-state index in [4.69, 9.17) is 0 Å². The lowest BCUT2D eigenvalue weighted by atomic mass is 9.94. The molecule has 1 amide bonds. The van der Waals surface area contributed by atoms with Crippen LogP contribution in [0.4, 0.5) is 0 Å². The summed E-state index contributed by atoms with van der Waals surface area (Å²) in [4.78, 5) is 11.9. The highest BCUT2D eigenvalue weighted by Gasteiger charge is 2.29. The van der Waals surface area contributed by atoms with Crippen LogP contribution in [0.3, 0.4) is 0 Å². The van der Waals surface area contributed by atoms with Gasteiger partial charge in [0.2, 0.25) is 5.91 Å². The minimum atomic E-state index is -0.547. The summed E-state index contributed by atoms with van der Waals surface area (Å²) >= 11 is 0. The number of aliphatic hydroxyl groups excluding tert-OH is 1. The van der Waals surface area contributed by atoms with Crippen LogP contribution >= 0.6 is 0 Å². The van der Waals surface area contributed by atoms with Gasteiger partial charge in [0.15, 0.2) is 0 Å². The average molecular weight is 214 g/mol. The number of nitrogens with one attached hydrogen (secondary N) is 2. The summed E-state index contributed by atoms with van der Waals surface area (Å²) < 4.78 is 0. The predicted octanol–water partition coefficient (Wildman–Crippen LogP) is 0.262. The van der Waals surface area contributed by atoms with Gasteiger partial charge in [0.05, 0.1) is 17.6 Å². The molecule has 1 saturated heterocycles. The van der Waals surface area contributed by atoms with Crippen molar-refractivity contribution in [2.75, 3.05) is 13.1 Å². The molecule has 0 aromatic rings. The largest absolute Gasteiger partial charge is 0.391 e. The summed E-state index contributed by atoms with van der Waals surface area (Å²) in [5, 5.41) is 15.6. The molecular weight excluding hydrogens is 192 g/mol. The van der Waals surface area contributed by atoms with Crippen LogP contribution in [0.25, 0.3) is 0 Å². The zero-order valence-electron chi connectivity index (χ0n) is 9.84. The molecule has 1 rings (SSSR count). The predicted molar refractivity (Wildman–Crippen MR) is 59.5 cm³/mol. The van der Waals surface area contributed by atoms with Gasteiger partial charge < -0.3 is 15.7 Å². The van der Waals surface area contributed by atoms with Crippen molar-refractivity contribution in [2.24, 2.45) is 5.92 Å². The highest BCUT2D eigenvalue weighted by molar-refractivity contribution is 5.79. The second-order valence-electron chi connectivity index (χ2n) is 4.93. The molecule has 0 radical (unpaired) electrons. The molecule has 0 aliphatic carbocycles. The number of carbonyl (C=O) groups excluding carboxylic acids is 1. The fraction of sp³-hybridized carbons (Fsp3) is 0.909. The van der Waals surface area contributed by atoms with E-state index in [9.17, 15) is 9.90 Å². The van der Waals surface area contributed by atoms with Gasteiger partial charge in [-0.3, -0.25) is 4.79 Å². The number of amides is 1. The molecule has 3 N–H and O–H groups in total. The highest BCUT2D eigenvalue weighted by Crippen LogP contribution is 2.14. The zero-order chi connectivity index (χ0) is 11.5. The molecule has 0 saturated carbocycles. The molecule has 0 aromatic carbocycles. The van der Waals surface area contributed by atoms with Gasteiger partial charge in [-0.15, -0.1) is 0 Å². The lowest BCUT2D eigenvalue weighted by Crippen LogP contribution is -2.54. The molecular formula is C11H22N2O2. The van der Waals surface area contributed by atoms with Crippen molar-refractivity contribution < 1.29 is 9.90 Å². The Balaban J connectivity index is 2.47. The maximum Gasteiger partial charge on any atom is 0.224 e. The van der Waals surface area contributed by atoms with Crippen LogP contribution in [-0.2, 0) is 4.79 Å². The second kappa shape index (κ2) is 4.94. The Kier molecular flexibility index (Phi) is 4.11. The monoisotopic (exact) mass is 214 g/mol. The third kappa shape index (κ3) is 3.47. The maximum atomic E-state index is 11.9. The van der Waals surface area contributed by atoms with Gasteiger partial charge in [-0.05, 0) is 40.2 Å². The van der Waals surface area contributed by atoms with E-state index in [1.807, 2.05) is 13.8 Å². The third-order valence-corrected chi connectivity index (χ3v) is 3.16. The highest BCUT2D eigenvalue weighted by atomic mass is 16.3. The Bertz CT molecular complexity index is 221. The minimum Gasteiger partial charge on any atom is -0.391 e. The molecule has 0 bridgehead atoms. The summed E-state index contributed by atoms with van der Waals surface area (Å²) in [7, 11) is 0. The third-order valence-electron chi connectivity index (χ3n) is 3.16. The minimum absolute atomic E-state index is 0.0492. The molecule has 1 aliphatic rings. The number of hydrogen-bond acceptors (Lipinski definition) is 3. The first-order chi connectivity index (χ1) is 6.93. The van der Waals surface area contributed by atoms with E-state index in [1.165, 1.54) is 0 Å². The quantitative estimate of drug-likeness (QED) is 0.631. The van der Waals surface area contributed by atoms with E-state index in [1.54, 1.807) is 6.92 Å². The summed E-state index contributed by atoms with van der Waals surface area (Å²) in [5.41, 5.74) is -0.547. The Morgan fingerprint density at radius 2 is 2.27 bits per heavy atom. The lowest BCUT2D eigenvalue weighted by Gasteiger charge is -2.32. The molecule has 1 fully saturated rings. The van der Waals surface area contributed by atoms with E-state index < -0.39 is 11.6 Å². The topological polar surface area (TPSA) is 61.4 Å². The summed E-state index contributed by atoms with van der Waals surface area (Å²) in [5.74, 6) is 0.102. The van der Waals surface area contributed by atoms with E-state index in [0.29, 0.717) is 0 Å². The molecule has 4 nitrogen and oxygen atoms in total. The molecule has 1 heterocycles. The van der Waals surface area contributed by atoms with Gasteiger partial charge in [-0.25, -0.2) is 0 Å². The molecule has 88 valence electrons. The van der Waals surface area contributed by atoms with E-state index >= 15 is 0 Å². The van der Waals surface area contributed by atoms with Crippen LogP contribution in [0, 0.1) is 5.92 Å². The summed E-state index contributed by atoms with van der Waals surface area (Å²) in [6.07, 6.45) is 1.44. The van der Waals surface area contributed by atoms with Gasteiger partial charge >= 0.3 is 0 Å². The molecule has 15 heavy (non-hydrogen) atoms. The van der Waals surface area contributed by atoms with Crippen LogP contribution in [0.2, 0.25) is 0 Å². The SMILES string of the molecule is CC(O)C(C)(C)NC(=O)C1CCCNC1. The van der Waals surface area contributed by atoms with Crippen LogP contribution in [-0.4, -0.2) is 35.7 Å². The molecule has 1 aliphatic heterocycles. The van der Waals surface area contributed by atoms with Gasteiger partial charge in [-0.1, -0.05) is 0 Å². The Morgan fingerprint density at radius 3 is 2.73 bits per heavy atom. The van der Waals surface area contributed by atoms with Crippen molar-refractivity contribution in [1.82, 2.24) is 10.6 Å². The summed E-state index contributed by atoms with van der Waals surface area (Å²) in [6, 6.07) is 0. The van der Waals surface area contributed by atoms with Crippen molar-refractivity contribution in [1.29, 1.82) is 0 Å². The van der Waals surface area contributed by atoms with Crippen molar-refractivity contribution in [3.63, 3.8) is 0 Å². The van der Waals surface area contributed by atoms with E-state index in [-0.39, 0.29) is 11.8 Å². The standard InChI is InChI=1S/C11H22N2O2/c1-8(14)11(2,3)13-10(15)9-5-4-6-12-7-9/h8-9,12,14H,4-7H2,1-3H3,(H,13,15). The molecule has 2 unspecified atom stereocenters. The fourth-order valence-corrected chi connectivity index (χ4v) is 1.60. The first-order valence-electron chi connectivity index (χ1n) is 5.64. The van der Waals surface area contributed by atoms with Gasteiger partial charge in [0.25, 0.3) is 0 Å². The van der Waals surface area contributed by atoms with E-state index in [2.05, 4.69) is 10.6 Å². The first-order valence-corrected chi connectivity index (χ1v) is 5.64. The van der Waals surface area contributed by atoms with Gasteiger partial charge in [-0.2, -0.15) is 0 Å². The zero-order valence-corrected chi connectivity index (χ0v) is 9.84. The van der Waals surface area contributed by atoms with Crippen molar-refractivity contribution >= 4 is 5.91 Å². The number of rotatable bonds is 3. The average Bonchev–Trinajstić information content (AvgIpc) is 2.18. The van der Waals surface area contributed by atoms with Gasteiger partial charge in [0, 0.05) is 6.54 Å². The lowest BCUT2D eigenvalue weighted by molar-refractivity contribution is -0.128. The Labute approximate surface area is 91.4 Å². The van der Waals surface area contributed by atoms with E-state index in [0.717, 1.165) is 25.9 Å². The number of hydrogen-bond donors (Lipinski definition) is 3. The number of piperidine rings is 1. The van der Waals surface area contributed by atoms with Crippen molar-refractivity contribution in [3.05, 3.63) is 0 Å². The normalized spacial score (nSPS) is 24.7. The molecule has 0 aromatic heterocycles. The first kappa shape index (κ1) is 12.5.